The lowest BCUT2D eigenvalue weighted by Crippen LogP contribution is -2.13. The van der Waals surface area contributed by atoms with E-state index in [2.05, 4.69) is 20.9 Å². The molecule has 1 aromatic heterocycles. The summed E-state index contributed by atoms with van der Waals surface area (Å²) in [5.41, 5.74) is -4.97. The van der Waals surface area contributed by atoms with Crippen LogP contribution in [0.5, 0.6) is 0 Å². The monoisotopic (exact) mass is 239 g/mol. The van der Waals surface area contributed by atoms with Gasteiger partial charge in [-0.2, -0.15) is 0 Å². The lowest BCUT2D eigenvalue weighted by Gasteiger charge is -2.21. The van der Waals surface area contributed by atoms with E-state index in [-0.39, 0.29) is 4.47 Å². The Morgan fingerprint density at radius 3 is 2.75 bits per heavy atom. The molecule has 0 spiro atoms. The summed E-state index contributed by atoms with van der Waals surface area (Å²) < 4.78 is 91.3. The van der Waals surface area contributed by atoms with Crippen LogP contribution in [-0.4, -0.2) is 4.98 Å². The van der Waals surface area contributed by atoms with Crippen LogP contribution in [0.4, 0.5) is 0 Å². The highest BCUT2D eigenvalue weighted by molar-refractivity contribution is 9.10. The summed E-state index contributed by atoms with van der Waals surface area (Å²) in [6.07, 6.45) is 1.73. The van der Waals surface area contributed by atoms with E-state index in [1.807, 2.05) is 0 Å². The molecule has 0 atom stereocenters. The van der Waals surface area contributed by atoms with E-state index in [4.69, 9.17) is 16.4 Å². The Bertz CT molecular complexity index is 572. The van der Waals surface area contributed by atoms with Crippen LogP contribution >= 0.6 is 15.9 Å². The molecule has 1 rings (SSSR count). The molecule has 1 nitrogen and oxygen atoms in total. The Hall–Kier alpha value is -0.370. The lowest BCUT2D eigenvalue weighted by molar-refractivity contribution is 0.582. The molecule has 0 saturated carbocycles. The highest BCUT2D eigenvalue weighted by Gasteiger charge is 2.17. The second kappa shape index (κ2) is 3.17. The van der Waals surface area contributed by atoms with E-state index >= 15 is 0 Å². The topological polar surface area (TPSA) is 12.9 Å². The highest BCUT2D eigenvalue weighted by atomic mass is 79.9. The summed E-state index contributed by atoms with van der Waals surface area (Å²) in [5.74, 6) is 0. The zero-order valence-corrected chi connectivity index (χ0v) is 7.57. The third-order valence-corrected chi connectivity index (χ3v) is 1.90. The molecule has 0 aliphatic heterocycles. The minimum atomic E-state index is -3.55. The Morgan fingerprint density at radius 2 is 2.17 bits per heavy atom. The van der Waals surface area contributed by atoms with Crippen LogP contribution < -0.4 is 0 Å². The molecule has 0 bridgehead atoms. The van der Waals surface area contributed by atoms with Crippen molar-refractivity contribution in [2.24, 2.45) is 0 Å². The van der Waals surface area contributed by atoms with Gasteiger partial charge >= 0.3 is 0 Å². The maximum absolute atomic E-state index is 7.64. The average Bonchev–Trinajstić information content (AvgIpc) is 2.20. The molecule has 2 heteroatoms. The molecule has 0 radical (unpaired) electrons. The van der Waals surface area contributed by atoms with Crippen molar-refractivity contribution in [3.05, 3.63) is 28.0 Å². The van der Waals surface area contributed by atoms with Crippen molar-refractivity contribution in [3.63, 3.8) is 0 Å². The van der Waals surface area contributed by atoms with Crippen LogP contribution in [0.3, 0.4) is 0 Å². The zero-order valence-electron chi connectivity index (χ0n) is 18.0. The normalized spacial score (nSPS) is 30.8. The van der Waals surface area contributed by atoms with Crippen molar-refractivity contribution >= 4 is 15.9 Å². The van der Waals surface area contributed by atoms with Crippen molar-refractivity contribution in [3.8, 4) is 0 Å². The number of nitrogens with zero attached hydrogens (tertiary/aromatic N) is 1. The molecule has 0 unspecified atom stereocenters. The van der Waals surface area contributed by atoms with Gasteiger partial charge in [0.05, 0.1) is 0 Å². The SMILES string of the molecule is [2H]C([2H])([2H])c1c(Br)cncc1C(C([2H])([2H])[2H])(C([2H])([2H])[2H])C([2H])([2H])[2H]. The molecule has 0 aliphatic carbocycles. The van der Waals surface area contributed by atoms with E-state index in [0.717, 1.165) is 6.20 Å². The van der Waals surface area contributed by atoms with Gasteiger partial charge in [-0.1, -0.05) is 20.6 Å². The minimum absolute atomic E-state index is 0.192. The summed E-state index contributed by atoms with van der Waals surface area (Å²) >= 11 is 2.90. The third kappa shape index (κ3) is 1.86. The Kier molecular flexibility index (Phi) is 0.622. The molecular formula is C10H14BrN. The van der Waals surface area contributed by atoms with Gasteiger partial charge in [0.1, 0.15) is 0 Å². The van der Waals surface area contributed by atoms with Gasteiger partial charge in [0.25, 0.3) is 0 Å². The van der Waals surface area contributed by atoms with E-state index in [1.54, 1.807) is 0 Å². The molecule has 0 aliphatic rings. The second-order valence-electron chi connectivity index (χ2n) is 2.29. The van der Waals surface area contributed by atoms with Crippen LogP contribution in [0.15, 0.2) is 16.9 Å². The second-order valence-corrected chi connectivity index (χ2v) is 3.15. The minimum Gasteiger partial charge on any atom is -0.263 e. The first-order valence-corrected chi connectivity index (χ1v) is 3.83. The Balaban J connectivity index is 4.16. The van der Waals surface area contributed by atoms with E-state index in [0.29, 0.717) is 6.20 Å². The van der Waals surface area contributed by atoms with Crippen molar-refractivity contribution < 1.29 is 16.4 Å². The molecule has 0 N–H and O–H groups in total. The molecule has 1 aromatic rings. The maximum atomic E-state index is 7.64. The van der Waals surface area contributed by atoms with Gasteiger partial charge in [-0.25, -0.2) is 0 Å². The first kappa shape index (κ1) is 2.35. The van der Waals surface area contributed by atoms with Crippen LogP contribution in [0.25, 0.3) is 0 Å². The highest BCUT2D eigenvalue weighted by Crippen LogP contribution is 2.28. The van der Waals surface area contributed by atoms with Gasteiger partial charge in [0.15, 0.2) is 0 Å². The number of hydrogen-bond donors (Lipinski definition) is 0. The van der Waals surface area contributed by atoms with Crippen molar-refractivity contribution in [1.82, 2.24) is 4.98 Å². The fraction of sp³-hybridized carbons (Fsp3) is 0.500. The average molecular weight is 240 g/mol. The molecule has 12 heavy (non-hydrogen) atoms. The number of aromatic nitrogens is 1. The van der Waals surface area contributed by atoms with Gasteiger partial charge in [-0.05, 0) is 39.3 Å². The number of rotatable bonds is 0. The van der Waals surface area contributed by atoms with Gasteiger partial charge in [-0.15, -0.1) is 0 Å². The van der Waals surface area contributed by atoms with Gasteiger partial charge in [0.2, 0.25) is 0 Å². The standard InChI is InChI=1S/C10H14BrN/c1-7-8(10(2,3)4)5-12-6-9(7)11/h5-6H,1-4H3/i1D3,2D3,3D3,4D3. The van der Waals surface area contributed by atoms with E-state index in [1.165, 1.54) is 0 Å². The van der Waals surface area contributed by atoms with Crippen LogP contribution in [-0.2, 0) is 5.41 Å². The summed E-state index contributed by atoms with van der Waals surface area (Å²) in [5, 5.41) is 0. The molecule has 0 saturated heterocycles. The zero-order chi connectivity index (χ0) is 19.4. The number of hydrogen-bond acceptors (Lipinski definition) is 1. The molecule has 66 valence electrons. The van der Waals surface area contributed by atoms with Crippen LogP contribution in [0.1, 0.15) is 48.1 Å². The summed E-state index contributed by atoms with van der Waals surface area (Å²) in [6, 6.07) is 0. The first-order valence-electron chi connectivity index (χ1n) is 9.03. The van der Waals surface area contributed by atoms with Crippen molar-refractivity contribution in [1.29, 1.82) is 0 Å². The quantitative estimate of drug-likeness (QED) is 0.676. The summed E-state index contributed by atoms with van der Waals surface area (Å²) in [6.45, 7) is -13.6. The summed E-state index contributed by atoms with van der Waals surface area (Å²) in [4.78, 5) is 3.62. The van der Waals surface area contributed by atoms with E-state index < -0.39 is 43.9 Å². The maximum Gasteiger partial charge on any atom is 0.0413 e. The Morgan fingerprint density at radius 1 is 1.42 bits per heavy atom. The largest absolute Gasteiger partial charge is 0.263 e. The van der Waals surface area contributed by atoms with E-state index in [9.17, 15) is 0 Å². The predicted octanol–water partition coefficient (Wildman–Crippen LogP) is 3.45. The van der Waals surface area contributed by atoms with Gasteiger partial charge < -0.3 is 0 Å². The van der Waals surface area contributed by atoms with Crippen molar-refractivity contribution in [2.75, 3.05) is 0 Å². The van der Waals surface area contributed by atoms with Gasteiger partial charge in [0, 0.05) is 33.3 Å². The van der Waals surface area contributed by atoms with Crippen molar-refractivity contribution in [2.45, 2.75) is 32.8 Å². The predicted molar refractivity (Wildman–Crippen MR) is 55.4 cm³/mol. The molecule has 1 heterocycles. The van der Waals surface area contributed by atoms with Crippen LogP contribution in [0, 0.1) is 6.85 Å². The summed E-state index contributed by atoms with van der Waals surface area (Å²) in [7, 11) is 0. The smallest absolute Gasteiger partial charge is 0.0413 e. The van der Waals surface area contributed by atoms with Gasteiger partial charge in [-0.3, -0.25) is 4.98 Å². The fourth-order valence-electron chi connectivity index (χ4n) is 0.719. The Labute approximate surface area is 99.2 Å². The number of halogens is 1. The van der Waals surface area contributed by atoms with Crippen LogP contribution in [0.2, 0.25) is 0 Å². The lowest BCUT2D eigenvalue weighted by atomic mass is 9.85. The molecule has 0 amide bonds. The fourth-order valence-corrected chi connectivity index (χ4v) is 1.05. The molecule has 0 fully saturated rings. The first-order chi connectivity index (χ1) is 10.4. The molecular weight excluding hydrogens is 214 g/mol. The number of pyridine rings is 1. The molecule has 0 aromatic carbocycles. The third-order valence-electron chi connectivity index (χ3n) is 1.30.